The van der Waals surface area contributed by atoms with E-state index < -0.39 is 29.4 Å². The van der Waals surface area contributed by atoms with Gasteiger partial charge in [0.2, 0.25) is 5.78 Å². The second-order valence-electron chi connectivity index (χ2n) is 11.2. The summed E-state index contributed by atoms with van der Waals surface area (Å²) in [5, 5.41) is 11.5. The van der Waals surface area contributed by atoms with Crippen LogP contribution in [0.2, 0.25) is 0 Å². The number of carbonyl (C=O) groups is 4. The molecule has 7 heteroatoms. The number of ether oxygens (including phenoxy) is 2. The molecule has 4 saturated carbocycles. The van der Waals surface area contributed by atoms with Crippen LogP contribution in [0, 0.1) is 34.5 Å². The van der Waals surface area contributed by atoms with E-state index in [1.54, 1.807) is 0 Å². The molecule has 0 aromatic carbocycles. The molecular weight excluding hydrogens is 412 g/mol. The Bertz CT molecular complexity index is 836. The van der Waals surface area contributed by atoms with E-state index in [0.29, 0.717) is 18.8 Å². The van der Waals surface area contributed by atoms with Gasteiger partial charge in [-0.05, 0) is 68.1 Å². The Labute approximate surface area is 189 Å². The van der Waals surface area contributed by atoms with Crippen LogP contribution < -0.4 is 0 Å². The van der Waals surface area contributed by atoms with Crippen LogP contribution in [0.25, 0.3) is 0 Å². The van der Waals surface area contributed by atoms with E-state index in [9.17, 15) is 24.3 Å². The molecule has 4 aliphatic carbocycles. The lowest BCUT2D eigenvalue weighted by Crippen LogP contribution is -2.62. The number of hydrogen-bond acceptors (Lipinski definition) is 7. The predicted molar refractivity (Wildman–Crippen MR) is 114 cm³/mol. The molecule has 0 aliphatic heterocycles. The molecule has 0 heterocycles. The quantitative estimate of drug-likeness (QED) is 0.659. The Hall–Kier alpha value is -1.76. The van der Waals surface area contributed by atoms with Gasteiger partial charge in [-0.25, -0.2) is 0 Å². The van der Waals surface area contributed by atoms with Gasteiger partial charge in [0.05, 0.1) is 0 Å². The Balaban J connectivity index is 1.57. The van der Waals surface area contributed by atoms with E-state index in [4.69, 9.17) is 9.47 Å². The van der Waals surface area contributed by atoms with Crippen LogP contribution in [0.3, 0.4) is 0 Å². The minimum Gasteiger partial charge on any atom is -0.463 e. The first kappa shape index (κ1) is 23.4. The van der Waals surface area contributed by atoms with E-state index in [2.05, 4.69) is 6.92 Å². The second kappa shape index (κ2) is 7.93. The molecule has 0 amide bonds. The molecule has 1 N–H and O–H groups in total. The topological polar surface area (TPSA) is 107 Å². The van der Waals surface area contributed by atoms with E-state index in [0.717, 1.165) is 32.1 Å². The van der Waals surface area contributed by atoms with Gasteiger partial charge in [0.15, 0.2) is 6.61 Å². The van der Waals surface area contributed by atoms with Crippen molar-refractivity contribution < 1.29 is 33.8 Å². The molecule has 8 atom stereocenters. The molecule has 32 heavy (non-hydrogen) atoms. The van der Waals surface area contributed by atoms with Gasteiger partial charge in [-0.1, -0.05) is 13.8 Å². The van der Waals surface area contributed by atoms with Gasteiger partial charge in [0, 0.05) is 31.6 Å². The lowest BCUT2D eigenvalue weighted by Gasteiger charge is -2.60. The van der Waals surface area contributed by atoms with E-state index in [1.165, 1.54) is 13.8 Å². The Morgan fingerprint density at radius 3 is 2.41 bits per heavy atom. The number of aliphatic hydroxyl groups is 1. The monoisotopic (exact) mass is 448 g/mol. The smallest absolute Gasteiger partial charge is 0.303 e. The minimum absolute atomic E-state index is 0.0680. The first-order chi connectivity index (χ1) is 14.9. The lowest BCUT2D eigenvalue weighted by atomic mass is 9.44. The molecule has 0 aromatic heterocycles. The summed E-state index contributed by atoms with van der Waals surface area (Å²) in [7, 11) is 0. The third kappa shape index (κ3) is 3.42. The van der Waals surface area contributed by atoms with Crippen molar-refractivity contribution in [3.05, 3.63) is 0 Å². The summed E-state index contributed by atoms with van der Waals surface area (Å²) in [5.74, 6) is -0.677. The molecule has 0 aromatic rings. The van der Waals surface area contributed by atoms with Gasteiger partial charge < -0.3 is 14.6 Å². The molecule has 0 unspecified atom stereocenters. The summed E-state index contributed by atoms with van der Waals surface area (Å²) >= 11 is 0. The maximum absolute atomic E-state index is 13.7. The van der Waals surface area contributed by atoms with Crippen molar-refractivity contribution in [2.45, 2.75) is 90.8 Å². The highest BCUT2D eigenvalue weighted by atomic mass is 16.5. The molecule has 0 bridgehead atoms. The van der Waals surface area contributed by atoms with E-state index >= 15 is 0 Å². The zero-order valence-electron chi connectivity index (χ0n) is 19.6. The molecule has 7 nitrogen and oxygen atoms in total. The first-order valence-electron chi connectivity index (χ1n) is 12.0. The standard InChI is InChI=1S/C25H36O7/c1-14(26)31-13-21(29)25(30)10-8-19-18-6-5-16-11-17(32-15(2)27)7-9-23(16,3)22(18)20(28)12-24(19,25)4/h16-19,22,30H,5-13H2,1-4H3/t16-,17-,18+,19-,22-,23+,24+,25+/m1/s1. The summed E-state index contributed by atoms with van der Waals surface area (Å²) in [6.07, 6.45) is 5.39. The Kier molecular flexibility index (Phi) is 5.80. The molecule has 178 valence electrons. The van der Waals surface area contributed by atoms with Gasteiger partial charge in [-0.3, -0.25) is 19.2 Å². The number of Topliss-reactive ketones (excluding diaryl/α,β-unsaturated/α-hetero) is 2. The van der Waals surface area contributed by atoms with Crippen LogP contribution in [0.4, 0.5) is 0 Å². The van der Waals surface area contributed by atoms with Crippen molar-refractivity contribution in [3.63, 3.8) is 0 Å². The Morgan fingerprint density at radius 2 is 1.75 bits per heavy atom. The molecular formula is C25H36O7. The highest BCUT2D eigenvalue weighted by Crippen LogP contribution is 2.67. The van der Waals surface area contributed by atoms with Crippen LogP contribution in [0.1, 0.15) is 79.1 Å². The maximum atomic E-state index is 13.7. The lowest BCUT2D eigenvalue weighted by molar-refractivity contribution is -0.183. The van der Waals surface area contributed by atoms with Crippen LogP contribution in [0.15, 0.2) is 0 Å². The fourth-order valence-electron chi connectivity index (χ4n) is 8.12. The summed E-state index contributed by atoms with van der Waals surface area (Å²) in [5.41, 5.74) is -2.61. The van der Waals surface area contributed by atoms with Crippen LogP contribution in [-0.4, -0.2) is 46.9 Å². The summed E-state index contributed by atoms with van der Waals surface area (Å²) in [6, 6.07) is 0. The number of rotatable bonds is 4. The molecule has 4 fully saturated rings. The average Bonchev–Trinajstić information content (AvgIpc) is 2.97. The molecule has 0 radical (unpaired) electrons. The third-order valence-corrected chi connectivity index (χ3v) is 9.66. The fraction of sp³-hybridized carbons (Fsp3) is 0.840. The van der Waals surface area contributed by atoms with Crippen molar-refractivity contribution in [2.75, 3.05) is 6.61 Å². The Morgan fingerprint density at radius 1 is 1.03 bits per heavy atom. The van der Waals surface area contributed by atoms with Gasteiger partial charge in [0.25, 0.3) is 0 Å². The van der Waals surface area contributed by atoms with Gasteiger partial charge >= 0.3 is 11.9 Å². The SMILES string of the molecule is CC(=O)OCC(=O)[C@@]1(O)CC[C@@H]2[C@@H]3CC[C@@H]4C[C@H](OC(C)=O)CC[C@]4(C)[C@H]3C(=O)C[C@@]21C. The number of fused-ring (bicyclic) bond motifs is 5. The molecule has 4 aliphatic rings. The van der Waals surface area contributed by atoms with Gasteiger partial charge in [0.1, 0.15) is 17.5 Å². The van der Waals surface area contributed by atoms with Crippen LogP contribution >= 0.6 is 0 Å². The van der Waals surface area contributed by atoms with Crippen molar-refractivity contribution >= 4 is 23.5 Å². The number of hydrogen-bond donors (Lipinski definition) is 1. The average molecular weight is 449 g/mol. The summed E-state index contributed by atoms with van der Waals surface area (Å²) in [4.78, 5) is 49.2. The molecule has 0 saturated heterocycles. The van der Waals surface area contributed by atoms with Crippen molar-refractivity contribution in [2.24, 2.45) is 34.5 Å². The van der Waals surface area contributed by atoms with Crippen LogP contribution in [0.5, 0.6) is 0 Å². The second-order valence-corrected chi connectivity index (χ2v) is 11.2. The van der Waals surface area contributed by atoms with Gasteiger partial charge in [-0.15, -0.1) is 0 Å². The zero-order valence-corrected chi connectivity index (χ0v) is 19.6. The number of ketones is 2. The van der Waals surface area contributed by atoms with Crippen molar-refractivity contribution in [3.8, 4) is 0 Å². The highest BCUT2D eigenvalue weighted by molar-refractivity contribution is 5.93. The van der Waals surface area contributed by atoms with Crippen molar-refractivity contribution in [1.82, 2.24) is 0 Å². The maximum Gasteiger partial charge on any atom is 0.303 e. The first-order valence-corrected chi connectivity index (χ1v) is 12.0. The highest BCUT2D eigenvalue weighted by Gasteiger charge is 2.69. The van der Waals surface area contributed by atoms with E-state index in [-0.39, 0.29) is 47.4 Å². The predicted octanol–water partition coefficient (Wildman–Crippen LogP) is 3.00. The number of carbonyl (C=O) groups excluding carboxylic acids is 4. The largest absolute Gasteiger partial charge is 0.463 e. The molecule has 4 rings (SSSR count). The minimum atomic E-state index is -1.64. The third-order valence-electron chi connectivity index (χ3n) is 9.66. The zero-order chi connectivity index (χ0) is 23.5. The number of esters is 2. The summed E-state index contributed by atoms with van der Waals surface area (Å²) < 4.78 is 10.4. The van der Waals surface area contributed by atoms with Gasteiger partial charge in [-0.2, -0.15) is 0 Å². The van der Waals surface area contributed by atoms with Crippen LogP contribution in [-0.2, 0) is 28.7 Å². The summed E-state index contributed by atoms with van der Waals surface area (Å²) in [6.45, 7) is 6.34. The molecule has 0 spiro atoms. The van der Waals surface area contributed by atoms with Crippen molar-refractivity contribution in [1.29, 1.82) is 0 Å². The fourth-order valence-corrected chi connectivity index (χ4v) is 8.12. The normalized spacial score (nSPS) is 45.3. The van der Waals surface area contributed by atoms with E-state index in [1.807, 2.05) is 6.92 Å².